The quantitative estimate of drug-likeness (QED) is 0.0128. The van der Waals surface area contributed by atoms with Gasteiger partial charge in [0.1, 0.15) is 49.0 Å². The molecule has 4 saturated heterocycles. The van der Waals surface area contributed by atoms with Gasteiger partial charge in [0.2, 0.25) is 35.4 Å². The highest BCUT2D eigenvalue weighted by Crippen LogP contribution is 2.43. The number of ether oxygens (including phenoxy) is 3. The SMILES string of the molecule is CC(C)[C@@H](C(=O)N1C[C@H](O)C[C@H]1C(=O)N[C@@H](C)c1ccc(-c2ccnn2C)cc1)c1cc(OCCN2CCN(CCOc3cc(N4C5CCC4CN(c4cc(-c6ccccc6OCc6ccc(NC(=O)[C@H](CCCCN(C)C)NC(=O)C7(C(=O)NCCCCCN8C(=O)C=CC8=O)CCC7)cc6)nnc4N)C5)ccn3)CC2)no1. The standard InChI is InChI=1S/C84H108N18O12/c1-55(2)77(81(108)101-53-64(103)48-70(101)80(107)89-56(3)58-20-22-59(23-21-58)68-31-36-88-96(68)6)72-50-74(94-114-72)112-46-44-98-41-39-97(40-42-98)43-45-111-73-47-61(30-35-86-73)102-62-26-27-63(102)52-99(51-62)69-49-67(92-93-78(69)85)65-15-8-9-17-71(65)113-54-57-18-24-60(25-19-57)90-79(106)66(16-10-13-37-95(4)5)91-83(110)84(32-14-33-84)82(109)87-34-11-7-12-38-100-75(104)28-29-76(100)105/h8-9,15,17-25,28-31,35-36,47,49-50,55-56,62-64,66,70,77,103H,7,10-14,16,26-27,32-34,37-46,48,51-54H2,1-6H3,(H2,85,93)(H,87,109)(H,89,107)(H,90,106)(H,91,110)/t56-,62?,63?,64+,66-,70-,77+/m0/s1. The molecule has 9 heterocycles. The van der Waals surface area contributed by atoms with Crippen LogP contribution in [0.15, 0.2) is 132 Å². The number of unbranched alkanes of at least 4 members (excludes halogenated alkanes) is 3. The van der Waals surface area contributed by atoms with Crippen molar-refractivity contribution in [2.45, 2.75) is 147 Å². The molecule has 0 radical (unpaired) electrons. The van der Waals surface area contributed by atoms with Gasteiger partial charge in [0.15, 0.2) is 11.6 Å². The average molecular weight is 1560 g/mol. The van der Waals surface area contributed by atoms with E-state index in [4.69, 9.17) is 24.5 Å². The van der Waals surface area contributed by atoms with E-state index in [1.807, 2.05) is 121 Å². The molecule has 6 aliphatic rings. The number of amides is 7. The second-order valence-electron chi connectivity index (χ2n) is 31.5. The molecular formula is C84H108N18O12. The number of para-hydroxylation sites is 1. The number of nitrogens with two attached hydrogens (primary N) is 1. The van der Waals surface area contributed by atoms with Gasteiger partial charge in [-0.15, -0.1) is 10.2 Å². The number of likely N-dealkylation sites (tertiary alicyclic amines) is 1. The fraction of sp³-hybridized carbons (Fsp3) is 0.500. The number of nitrogen functional groups attached to an aromatic ring is 1. The molecule has 3 aromatic carbocycles. The summed E-state index contributed by atoms with van der Waals surface area (Å²) in [4.78, 5) is 113. The van der Waals surface area contributed by atoms with E-state index in [2.05, 4.69) is 83.3 Å². The summed E-state index contributed by atoms with van der Waals surface area (Å²) in [7, 11) is 5.86. The zero-order valence-corrected chi connectivity index (χ0v) is 66.2. The first-order valence-electron chi connectivity index (χ1n) is 40.2. The number of carbonyl (C=O) groups excluding carboxylic acids is 7. The number of piperazine rings is 2. The normalized spacial score (nSPS) is 19.6. The largest absolute Gasteiger partial charge is 0.488 e. The summed E-state index contributed by atoms with van der Waals surface area (Å²) in [6, 6.07) is 31.1. The molecule has 0 spiro atoms. The number of hydrogen-bond donors (Lipinski definition) is 6. The zero-order valence-electron chi connectivity index (χ0n) is 66.2. The van der Waals surface area contributed by atoms with Gasteiger partial charge in [-0.2, -0.15) is 5.10 Å². The summed E-state index contributed by atoms with van der Waals surface area (Å²) in [6.45, 7) is 14.6. The third-order valence-corrected chi connectivity index (χ3v) is 23.0. The van der Waals surface area contributed by atoms with Crippen molar-refractivity contribution in [3.8, 4) is 40.0 Å². The molecule has 30 nitrogen and oxygen atoms in total. The minimum Gasteiger partial charge on any atom is -0.488 e. The lowest BCUT2D eigenvalue weighted by molar-refractivity contribution is -0.151. The van der Waals surface area contributed by atoms with Gasteiger partial charge in [0, 0.05) is 151 Å². The maximum absolute atomic E-state index is 14.4. The summed E-state index contributed by atoms with van der Waals surface area (Å²) < 4.78 is 26.5. The summed E-state index contributed by atoms with van der Waals surface area (Å²) in [6.07, 6.45) is 12.7. The number of anilines is 4. The molecule has 2 bridgehead atoms. The van der Waals surface area contributed by atoms with Gasteiger partial charge in [0.05, 0.1) is 29.2 Å². The average Bonchev–Trinajstić information content (AvgIpc) is 1.23. The minimum absolute atomic E-state index is 0.0313. The fourth-order valence-electron chi connectivity index (χ4n) is 16.3. The fourth-order valence-corrected chi connectivity index (χ4v) is 16.3. The van der Waals surface area contributed by atoms with E-state index < -0.39 is 35.4 Å². The Labute approximate surface area is 665 Å². The Hall–Kier alpha value is -10.8. The Bertz CT molecular complexity index is 4490. The second kappa shape index (κ2) is 37.4. The molecule has 2 unspecified atom stereocenters. The molecule has 7 amide bonds. The first kappa shape index (κ1) is 81.2. The lowest BCUT2D eigenvalue weighted by Gasteiger charge is -2.43. The van der Waals surface area contributed by atoms with Crippen molar-refractivity contribution in [1.29, 1.82) is 0 Å². The molecule has 606 valence electrons. The molecule has 7 N–H and O–H groups in total. The summed E-state index contributed by atoms with van der Waals surface area (Å²) in [5, 5.41) is 40.3. The van der Waals surface area contributed by atoms with Gasteiger partial charge in [-0.05, 0) is 162 Å². The molecule has 7 atom stereocenters. The number of aromatic nitrogens is 6. The molecular weight excluding hydrogens is 1450 g/mol. The number of fused-ring (bicyclic) bond motifs is 2. The second-order valence-corrected chi connectivity index (χ2v) is 31.5. The first-order valence-corrected chi connectivity index (χ1v) is 40.2. The van der Waals surface area contributed by atoms with Crippen LogP contribution in [0.1, 0.15) is 127 Å². The summed E-state index contributed by atoms with van der Waals surface area (Å²) in [5.41, 5.74) is 12.9. The van der Waals surface area contributed by atoms with Crippen LogP contribution in [0.2, 0.25) is 0 Å². The number of benzene rings is 3. The molecule has 13 rings (SSSR count). The van der Waals surface area contributed by atoms with Crippen molar-refractivity contribution in [3.05, 3.63) is 145 Å². The van der Waals surface area contributed by atoms with Crippen molar-refractivity contribution >= 4 is 64.2 Å². The van der Waals surface area contributed by atoms with Crippen LogP contribution in [0.5, 0.6) is 17.5 Å². The van der Waals surface area contributed by atoms with E-state index in [1.54, 1.807) is 29.1 Å². The van der Waals surface area contributed by atoms with Gasteiger partial charge < -0.3 is 70.4 Å². The van der Waals surface area contributed by atoms with E-state index in [-0.39, 0.29) is 84.9 Å². The van der Waals surface area contributed by atoms with Crippen molar-refractivity contribution in [3.63, 3.8) is 0 Å². The highest BCUT2D eigenvalue weighted by Gasteiger charge is 2.52. The number of aliphatic hydroxyl groups excluding tert-OH is 1. The number of aryl methyl sites for hydroxylation is 1. The summed E-state index contributed by atoms with van der Waals surface area (Å²) >= 11 is 0. The summed E-state index contributed by atoms with van der Waals surface area (Å²) in [5.74, 6) is -1.25. The lowest BCUT2D eigenvalue weighted by atomic mass is 9.67. The maximum Gasteiger partial charge on any atom is 0.254 e. The van der Waals surface area contributed by atoms with Crippen LogP contribution in [-0.2, 0) is 47.2 Å². The molecule has 7 aromatic rings. The van der Waals surface area contributed by atoms with Crippen molar-refractivity contribution < 1.29 is 57.4 Å². The van der Waals surface area contributed by atoms with Gasteiger partial charge in [-0.3, -0.25) is 52.9 Å². The topological polar surface area (TPSA) is 347 Å². The number of β-amino-alcohol motifs (C(OH)–C–C–N with tert-alkyl or cyclic N) is 1. The Morgan fingerprint density at radius 3 is 2.13 bits per heavy atom. The van der Waals surface area contributed by atoms with E-state index in [1.165, 1.54) is 22.0 Å². The molecule has 4 aromatic heterocycles. The highest BCUT2D eigenvalue weighted by atomic mass is 16.5. The number of carbonyl (C=O) groups is 7. The predicted octanol–water partition coefficient (Wildman–Crippen LogP) is 7.14. The number of hydrogen-bond acceptors (Lipinski definition) is 23. The van der Waals surface area contributed by atoms with Gasteiger partial charge >= 0.3 is 0 Å². The number of aliphatic hydroxyl groups is 1. The number of imide groups is 1. The van der Waals surface area contributed by atoms with E-state index in [0.717, 1.165) is 111 Å². The minimum atomic E-state index is -1.26. The van der Waals surface area contributed by atoms with Crippen LogP contribution < -0.4 is 51.0 Å². The predicted molar refractivity (Wildman–Crippen MR) is 430 cm³/mol. The Morgan fingerprint density at radius 2 is 1.46 bits per heavy atom. The highest BCUT2D eigenvalue weighted by molar-refractivity contribution is 6.13. The van der Waals surface area contributed by atoms with Gasteiger partial charge in [-0.1, -0.05) is 68.8 Å². The molecule has 5 fully saturated rings. The first-order chi connectivity index (χ1) is 55.1. The number of nitrogens with one attached hydrogen (secondary N) is 4. The molecule has 5 aliphatic heterocycles. The van der Waals surface area contributed by atoms with Gasteiger partial charge in [0.25, 0.3) is 17.7 Å². The lowest BCUT2D eigenvalue weighted by Crippen LogP contribution is -2.58. The third kappa shape index (κ3) is 19.7. The number of nitrogens with zero attached hydrogens (tertiary/aromatic N) is 13. The van der Waals surface area contributed by atoms with Crippen LogP contribution >= 0.6 is 0 Å². The smallest absolute Gasteiger partial charge is 0.254 e. The Morgan fingerprint density at radius 1 is 0.746 bits per heavy atom. The molecule has 1 saturated carbocycles. The number of pyridine rings is 1. The maximum atomic E-state index is 14.4. The zero-order chi connectivity index (χ0) is 80.0. The van der Waals surface area contributed by atoms with Crippen LogP contribution in [0.25, 0.3) is 22.5 Å². The molecule has 1 aliphatic carbocycles. The van der Waals surface area contributed by atoms with Crippen molar-refractivity contribution in [2.75, 3.05) is 127 Å². The van der Waals surface area contributed by atoms with E-state index in [9.17, 15) is 38.7 Å². The van der Waals surface area contributed by atoms with Gasteiger partial charge in [-0.25, -0.2) is 4.98 Å². The number of rotatable bonds is 37. The van der Waals surface area contributed by atoms with Crippen LogP contribution in [0.3, 0.4) is 0 Å². The van der Waals surface area contributed by atoms with Crippen LogP contribution in [0, 0.1) is 11.3 Å². The third-order valence-electron chi connectivity index (χ3n) is 23.0. The molecule has 114 heavy (non-hydrogen) atoms. The molecule has 30 heteroatoms. The van der Waals surface area contributed by atoms with E-state index >= 15 is 0 Å². The van der Waals surface area contributed by atoms with Crippen molar-refractivity contribution in [2.24, 2.45) is 18.4 Å². The van der Waals surface area contributed by atoms with Crippen molar-refractivity contribution in [1.82, 2.24) is 70.6 Å². The Kier molecular flexibility index (Phi) is 26.7. The van der Waals surface area contributed by atoms with Crippen LogP contribution in [-0.4, -0.2) is 237 Å². The van der Waals surface area contributed by atoms with Crippen LogP contribution in [0.4, 0.5) is 22.9 Å². The van der Waals surface area contributed by atoms with E-state index in [0.29, 0.717) is 119 Å². The monoisotopic (exact) mass is 1560 g/mol. The Balaban J connectivity index is 0.536.